The van der Waals surface area contributed by atoms with Crippen molar-refractivity contribution in [2.45, 2.75) is 0 Å². The first-order chi connectivity index (χ1) is 27.3. The van der Waals surface area contributed by atoms with Gasteiger partial charge < -0.3 is 8.83 Å². The Morgan fingerprint density at radius 3 is 1.76 bits per heavy atom. The van der Waals surface area contributed by atoms with E-state index >= 15 is 0 Å². The van der Waals surface area contributed by atoms with E-state index in [1.165, 1.54) is 0 Å². The minimum atomic E-state index is 0.528. The van der Waals surface area contributed by atoms with Crippen LogP contribution in [0.3, 0.4) is 0 Å². The van der Waals surface area contributed by atoms with Gasteiger partial charge in [0, 0.05) is 61.4 Å². The minimum Gasteiger partial charge on any atom is -0.456 e. The van der Waals surface area contributed by atoms with Gasteiger partial charge in [-0.2, -0.15) is 9.97 Å². The van der Waals surface area contributed by atoms with Crippen LogP contribution in [-0.4, -0.2) is 24.5 Å². The lowest BCUT2D eigenvalue weighted by Crippen LogP contribution is -2.06. The Kier molecular flexibility index (Phi) is 6.21. The fourth-order valence-corrected chi connectivity index (χ4v) is 8.39. The number of rotatable bonds is 4. The number of benzene rings is 7. The Labute approximate surface area is 312 Å². The Bertz CT molecular complexity index is 3470. The van der Waals surface area contributed by atoms with Crippen molar-refractivity contribution < 1.29 is 8.83 Å². The summed E-state index contributed by atoms with van der Waals surface area (Å²) in [5.41, 5.74) is 9.12. The first-order valence-electron chi connectivity index (χ1n) is 18.2. The van der Waals surface area contributed by atoms with Crippen LogP contribution in [0, 0.1) is 0 Å². The molecule has 0 aliphatic heterocycles. The summed E-state index contributed by atoms with van der Waals surface area (Å²) in [6.07, 6.45) is 3.59. The summed E-state index contributed by atoms with van der Waals surface area (Å²) in [5, 5.41) is 8.37. The summed E-state index contributed by atoms with van der Waals surface area (Å²) in [6.45, 7) is 0. The van der Waals surface area contributed by atoms with Gasteiger partial charge in [-0.1, -0.05) is 115 Å². The molecule has 0 N–H and O–H groups in total. The van der Waals surface area contributed by atoms with E-state index in [0.717, 1.165) is 98.7 Å². The summed E-state index contributed by atoms with van der Waals surface area (Å²) >= 11 is 0. The van der Waals surface area contributed by atoms with Crippen molar-refractivity contribution in [1.82, 2.24) is 24.5 Å². The number of furan rings is 2. The van der Waals surface area contributed by atoms with E-state index in [-0.39, 0.29) is 0 Å². The molecule has 55 heavy (non-hydrogen) atoms. The summed E-state index contributed by atoms with van der Waals surface area (Å²) in [7, 11) is 0. The van der Waals surface area contributed by atoms with E-state index in [2.05, 4.69) is 125 Å². The maximum atomic E-state index is 6.51. The van der Waals surface area contributed by atoms with Crippen molar-refractivity contribution in [3.63, 3.8) is 0 Å². The van der Waals surface area contributed by atoms with Crippen LogP contribution in [0.2, 0.25) is 0 Å². The molecule has 256 valence electrons. The number of para-hydroxylation sites is 4. The lowest BCUT2D eigenvalue weighted by molar-refractivity contribution is 0.668. The van der Waals surface area contributed by atoms with Crippen LogP contribution in [0.4, 0.5) is 0 Å². The second kappa shape index (κ2) is 11.4. The van der Waals surface area contributed by atoms with Crippen LogP contribution >= 0.6 is 0 Å². The van der Waals surface area contributed by atoms with Gasteiger partial charge in [-0.25, -0.2) is 4.98 Å². The molecule has 0 atom stereocenters. The molecule has 0 unspecified atom stereocenters. The topological polar surface area (TPSA) is 82.8 Å². The lowest BCUT2D eigenvalue weighted by atomic mass is 9.93. The second-order valence-corrected chi connectivity index (χ2v) is 13.8. The molecular weight excluding hydrogens is 679 g/mol. The van der Waals surface area contributed by atoms with Crippen molar-refractivity contribution in [3.05, 3.63) is 164 Å². The van der Waals surface area contributed by atoms with Crippen molar-refractivity contribution >= 4 is 76.5 Å². The van der Waals surface area contributed by atoms with Crippen LogP contribution < -0.4 is 0 Å². The predicted molar refractivity (Wildman–Crippen MR) is 220 cm³/mol. The van der Waals surface area contributed by atoms with Gasteiger partial charge in [0.2, 0.25) is 5.95 Å². The van der Waals surface area contributed by atoms with Gasteiger partial charge in [0.05, 0.1) is 11.0 Å². The largest absolute Gasteiger partial charge is 0.456 e. The molecule has 7 heteroatoms. The Morgan fingerprint density at radius 1 is 0.382 bits per heavy atom. The zero-order valence-corrected chi connectivity index (χ0v) is 29.1. The summed E-state index contributed by atoms with van der Waals surface area (Å²) in [6, 6.07) is 52.0. The van der Waals surface area contributed by atoms with Gasteiger partial charge in [0.1, 0.15) is 22.3 Å². The van der Waals surface area contributed by atoms with Crippen LogP contribution in [0.15, 0.2) is 173 Å². The smallest absolute Gasteiger partial charge is 0.238 e. The molecule has 0 spiro atoms. The van der Waals surface area contributed by atoms with Gasteiger partial charge in [-0.15, -0.1) is 0 Å². The van der Waals surface area contributed by atoms with Gasteiger partial charge in [-0.3, -0.25) is 9.55 Å². The summed E-state index contributed by atoms with van der Waals surface area (Å²) in [4.78, 5) is 20.3. The SMILES string of the molecule is c1ccc2c(c1)oc1c(-c3ccc(-c4nc(-c5cccc6oc7ccncc7c56)nc(-n5c6ccccc6c6ccccc65)n4)c4ccccc34)cccc12. The molecule has 0 bridgehead atoms. The predicted octanol–water partition coefficient (Wildman–Crippen LogP) is 12.3. The standard InChI is InChI=1S/C48H27N5O2/c1-2-12-29-28(11-1)30(34-16-9-17-35-33-15-5-8-21-41(33)55-45(34)35)23-24-36(29)46-50-47(37-18-10-22-43-44(37)38-27-49-26-25-42(38)54-43)52-48(51-46)53-39-19-6-3-13-31(39)32-14-4-7-20-40(32)53/h1-27H. The highest BCUT2D eigenvalue weighted by Crippen LogP contribution is 2.42. The number of nitrogens with zero attached hydrogens (tertiary/aromatic N) is 5. The molecule has 0 amide bonds. The van der Waals surface area contributed by atoms with Crippen LogP contribution in [-0.2, 0) is 0 Å². The average molecular weight is 706 g/mol. The molecule has 7 aromatic carbocycles. The molecule has 12 aromatic rings. The van der Waals surface area contributed by atoms with Crippen molar-refractivity contribution in [2.24, 2.45) is 0 Å². The fraction of sp³-hybridized carbons (Fsp3) is 0. The monoisotopic (exact) mass is 705 g/mol. The zero-order chi connectivity index (χ0) is 36.0. The molecule has 0 fully saturated rings. The van der Waals surface area contributed by atoms with E-state index in [9.17, 15) is 0 Å². The van der Waals surface area contributed by atoms with Crippen molar-refractivity contribution in [3.8, 4) is 39.9 Å². The average Bonchev–Trinajstić information content (AvgIpc) is 3.93. The molecule has 5 heterocycles. The molecule has 12 rings (SSSR count). The van der Waals surface area contributed by atoms with Gasteiger partial charge in [0.25, 0.3) is 0 Å². The van der Waals surface area contributed by atoms with E-state index < -0.39 is 0 Å². The minimum absolute atomic E-state index is 0.528. The number of hydrogen-bond acceptors (Lipinski definition) is 6. The third-order valence-electron chi connectivity index (χ3n) is 10.8. The van der Waals surface area contributed by atoms with Crippen LogP contribution in [0.1, 0.15) is 0 Å². The Hall–Kier alpha value is -7.64. The number of aromatic nitrogens is 5. The van der Waals surface area contributed by atoms with Crippen LogP contribution in [0.25, 0.3) is 116 Å². The van der Waals surface area contributed by atoms with Crippen LogP contribution in [0.5, 0.6) is 0 Å². The highest BCUT2D eigenvalue weighted by Gasteiger charge is 2.22. The molecule has 5 aromatic heterocycles. The molecule has 0 aliphatic rings. The molecule has 7 nitrogen and oxygen atoms in total. The number of fused-ring (bicyclic) bond motifs is 10. The maximum Gasteiger partial charge on any atom is 0.238 e. The summed E-state index contributed by atoms with van der Waals surface area (Å²) < 4.78 is 14.9. The maximum absolute atomic E-state index is 6.51. The zero-order valence-electron chi connectivity index (χ0n) is 29.1. The molecular formula is C48H27N5O2. The third kappa shape index (κ3) is 4.38. The van der Waals surface area contributed by atoms with Gasteiger partial charge in [-0.05, 0) is 52.7 Å². The van der Waals surface area contributed by atoms with Gasteiger partial charge >= 0.3 is 0 Å². The Balaban J connectivity index is 1.15. The highest BCUT2D eigenvalue weighted by atomic mass is 16.3. The Morgan fingerprint density at radius 2 is 0.964 bits per heavy atom. The molecule has 0 saturated heterocycles. The molecule has 0 radical (unpaired) electrons. The number of pyridine rings is 1. The molecule has 0 aliphatic carbocycles. The quantitative estimate of drug-likeness (QED) is 0.181. The van der Waals surface area contributed by atoms with Crippen molar-refractivity contribution in [1.29, 1.82) is 0 Å². The summed E-state index contributed by atoms with van der Waals surface area (Å²) in [5.74, 6) is 1.63. The van der Waals surface area contributed by atoms with Crippen molar-refractivity contribution in [2.75, 3.05) is 0 Å². The first kappa shape index (κ1) is 29.9. The molecule has 0 saturated carbocycles. The first-order valence-corrected chi connectivity index (χ1v) is 18.2. The lowest BCUT2D eigenvalue weighted by Gasteiger charge is -2.14. The van der Waals surface area contributed by atoms with E-state index in [4.69, 9.17) is 23.8 Å². The second-order valence-electron chi connectivity index (χ2n) is 13.8. The third-order valence-corrected chi connectivity index (χ3v) is 10.8. The van der Waals surface area contributed by atoms with Gasteiger partial charge in [0.15, 0.2) is 11.6 Å². The normalized spacial score (nSPS) is 12.0. The fourth-order valence-electron chi connectivity index (χ4n) is 8.39. The van der Waals surface area contributed by atoms with E-state index in [1.54, 1.807) is 6.20 Å². The van der Waals surface area contributed by atoms with E-state index in [0.29, 0.717) is 17.6 Å². The number of hydrogen-bond donors (Lipinski definition) is 0. The highest BCUT2D eigenvalue weighted by molar-refractivity contribution is 6.14. The van der Waals surface area contributed by atoms with E-state index in [1.807, 2.05) is 42.6 Å².